The molecule has 9 heteroatoms. The van der Waals surface area contributed by atoms with E-state index in [1.807, 2.05) is 47.8 Å². The molecule has 0 unspecified atom stereocenters. The molecule has 2 N–H and O–H groups in total. The summed E-state index contributed by atoms with van der Waals surface area (Å²) in [7, 11) is 0. The lowest BCUT2D eigenvalue weighted by Crippen LogP contribution is -2.46. The SMILES string of the molecule is CCOC(=O)C1=C(N)N(c2ccccc2)C2=C(C(=O)[C@@H](C(=O)OCC)[C@H](c3cccs3)C2)[C@@H]1c1cccc(F)c1. The zero-order valence-corrected chi connectivity index (χ0v) is 23.0. The Labute approximate surface area is 235 Å². The highest BCUT2D eigenvalue weighted by atomic mass is 32.1. The Hall–Kier alpha value is -4.24. The second-order valence-electron chi connectivity index (χ2n) is 9.46. The summed E-state index contributed by atoms with van der Waals surface area (Å²) in [4.78, 5) is 44.0. The molecule has 206 valence electrons. The number of para-hydroxylation sites is 1. The summed E-state index contributed by atoms with van der Waals surface area (Å²) in [6.45, 7) is 3.53. The summed E-state index contributed by atoms with van der Waals surface area (Å²) in [6, 6.07) is 18.6. The molecule has 7 nitrogen and oxygen atoms in total. The van der Waals surface area contributed by atoms with E-state index in [2.05, 4.69) is 0 Å². The Bertz CT molecular complexity index is 1500. The third-order valence-electron chi connectivity index (χ3n) is 7.18. The van der Waals surface area contributed by atoms with Gasteiger partial charge >= 0.3 is 11.9 Å². The maximum atomic E-state index is 14.6. The number of ether oxygens (including phenoxy) is 2. The average Bonchev–Trinajstić information content (AvgIpc) is 3.48. The maximum absolute atomic E-state index is 14.6. The standard InChI is InChI=1S/C31H29FN2O5S/c1-3-38-30(36)25-21(23-14-9-15-40-23)17-22-26(28(25)35)24(18-10-8-11-19(32)16-18)27(31(37)39-4-2)29(33)34(22)20-12-6-5-7-13-20/h5-16,21,24-25H,3-4,17,33H2,1-2H3/t21-,24-,25-/m0/s1. The molecule has 0 fully saturated rings. The number of hydrogen-bond acceptors (Lipinski definition) is 8. The number of esters is 2. The molecule has 5 rings (SSSR count). The van der Waals surface area contributed by atoms with Crippen LogP contribution < -0.4 is 10.6 Å². The molecule has 3 aromatic rings. The molecule has 2 aliphatic rings. The number of halogens is 1. The number of nitrogens with zero attached hydrogens (tertiary/aromatic N) is 1. The highest BCUT2D eigenvalue weighted by Gasteiger charge is 2.51. The number of rotatable bonds is 7. The van der Waals surface area contributed by atoms with E-state index < -0.39 is 41.3 Å². The number of carbonyl (C=O) groups is 3. The Morgan fingerprint density at radius 2 is 1.77 bits per heavy atom. The number of ketones is 1. The van der Waals surface area contributed by atoms with Crippen LogP contribution >= 0.6 is 11.3 Å². The second-order valence-corrected chi connectivity index (χ2v) is 10.4. The number of benzene rings is 2. The molecule has 0 saturated heterocycles. The zero-order valence-electron chi connectivity index (χ0n) is 22.1. The predicted octanol–water partition coefficient (Wildman–Crippen LogP) is 5.41. The second kappa shape index (κ2) is 11.5. The van der Waals surface area contributed by atoms with Crippen LogP contribution in [0.1, 0.15) is 42.5 Å². The van der Waals surface area contributed by atoms with Gasteiger partial charge in [0.15, 0.2) is 5.78 Å². The van der Waals surface area contributed by atoms with Crippen LogP contribution in [0.2, 0.25) is 0 Å². The molecule has 1 aromatic heterocycles. The van der Waals surface area contributed by atoms with Crippen molar-refractivity contribution in [2.24, 2.45) is 11.7 Å². The van der Waals surface area contributed by atoms with Gasteiger partial charge in [-0.3, -0.25) is 14.5 Å². The largest absolute Gasteiger partial charge is 0.465 e. The van der Waals surface area contributed by atoms with Crippen molar-refractivity contribution < 1.29 is 28.2 Å². The van der Waals surface area contributed by atoms with Gasteiger partial charge in [0.05, 0.1) is 24.7 Å². The van der Waals surface area contributed by atoms with Crippen LogP contribution in [0.5, 0.6) is 0 Å². The summed E-state index contributed by atoms with van der Waals surface area (Å²) in [5, 5.41) is 1.89. The molecule has 2 heterocycles. The summed E-state index contributed by atoms with van der Waals surface area (Å²) >= 11 is 1.45. The van der Waals surface area contributed by atoms with Crippen LogP contribution in [0.4, 0.5) is 10.1 Å². The first-order chi connectivity index (χ1) is 19.4. The number of anilines is 1. The minimum absolute atomic E-state index is 0.0144. The summed E-state index contributed by atoms with van der Waals surface area (Å²) in [5.41, 5.74) is 8.56. The van der Waals surface area contributed by atoms with Crippen LogP contribution in [-0.2, 0) is 23.9 Å². The van der Waals surface area contributed by atoms with Crippen molar-refractivity contribution in [1.82, 2.24) is 0 Å². The lowest BCUT2D eigenvalue weighted by Gasteiger charge is -2.43. The van der Waals surface area contributed by atoms with Crippen molar-refractivity contribution in [3.63, 3.8) is 0 Å². The third-order valence-corrected chi connectivity index (χ3v) is 8.18. The molecule has 1 aliphatic carbocycles. The smallest absolute Gasteiger partial charge is 0.338 e. The predicted molar refractivity (Wildman–Crippen MR) is 150 cm³/mol. The lowest BCUT2D eigenvalue weighted by atomic mass is 9.68. The number of hydrogen-bond donors (Lipinski definition) is 1. The van der Waals surface area contributed by atoms with Gasteiger partial charge in [0.25, 0.3) is 0 Å². The summed E-state index contributed by atoms with van der Waals surface area (Å²) in [6.07, 6.45) is 0.266. The maximum Gasteiger partial charge on any atom is 0.338 e. The van der Waals surface area contributed by atoms with Gasteiger partial charge in [-0.2, -0.15) is 0 Å². The molecular weight excluding hydrogens is 531 g/mol. The number of allylic oxidation sites excluding steroid dienone is 2. The fourth-order valence-electron chi connectivity index (χ4n) is 5.60. The van der Waals surface area contributed by atoms with Gasteiger partial charge in [-0.05, 0) is 61.5 Å². The van der Waals surface area contributed by atoms with E-state index in [4.69, 9.17) is 15.2 Å². The molecular formula is C31H29FN2O5S. The van der Waals surface area contributed by atoms with Crippen molar-refractivity contribution in [3.8, 4) is 0 Å². The molecule has 2 aromatic carbocycles. The normalized spacial score (nSPS) is 20.8. The van der Waals surface area contributed by atoms with E-state index in [0.29, 0.717) is 16.9 Å². The zero-order chi connectivity index (χ0) is 28.4. The Kier molecular flexibility index (Phi) is 7.84. The number of Topliss-reactive ketones (excluding diaryl/α,β-unsaturated/α-hetero) is 1. The Balaban J connectivity index is 1.81. The molecule has 0 bridgehead atoms. The van der Waals surface area contributed by atoms with E-state index in [1.54, 1.807) is 24.8 Å². The number of nitrogens with two attached hydrogens (primary N) is 1. The van der Waals surface area contributed by atoms with Crippen molar-refractivity contribution in [2.75, 3.05) is 18.1 Å². The van der Waals surface area contributed by atoms with E-state index in [0.717, 1.165) is 4.88 Å². The van der Waals surface area contributed by atoms with Crippen molar-refractivity contribution in [2.45, 2.75) is 32.1 Å². The molecule has 0 saturated carbocycles. The number of thiophene rings is 1. The molecule has 40 heavy (non-hydrogen) atoms. The average molecular weight is 561 g/mol. The van der Waals surface area contributed by atoms with Crippen LogP contribution in [0.25, 0.3) is 0 Å². The van der Waals surface area contributed by atoms with Gasteiger partial charge in [0.2, 0.25) is 0 Å². The minimum atomic E-state index is -1.14. The quantitative estimate of drug-likeness (QED) is 0.305. The fourth-order valence-corrected chi connectivity index (χ4v) is 6.47. The first-order valence-corrected chi connectivity index (χ1v) is 14.0. The van der Waals surface area contributed by atoms with Crippen LogP contribution in [0, 0.1) is 11.7 Å². The Morgan fingerprint density at radius 3 is 2.42 bits per heavy atom. The highest BCUT2D eigenvalue weighted by molar-refractivity contribution is 7.10. The van der Waals surface area contributed by atoms with E-state index >= 15 is 0 Å². The van der Waals surface area contributed by atoms with E-state index in [1.165, 1.54) is 29.5 Å². The molecule has 0 amide bonds. The summed E-state index contributed by atoms with van der Waals surface area (Å²) in [5.74, 6) is -4.99. The number of carbonyl (C=O) groups excluding carboxylic acids is 3. The monoisotopic (exact) mass is 560 g/mol. The molecule has 0 spiro atoms. The van der Waals surface area contributed by atoms with Gasteiger partial charge in [-0.15, -0.1) is 11.3 Å². The molecule has 1 aliphatic heterocycles. The third kappa shape index (κ3) is 4.81. The van der Waals surface area contributed by atoms with Gasteiger partial charge in [-0.1, -0.05) is 36.4 Å². The van der Waals surface area contributed by atoms with Crippen LogP contribution in [0.15, 0.2) is 94.8 Å². The Morgan fingerprint density at radius 1 is 1.02 bits per heavy atom. The van der Waals surface area contributed by atoms with Gasteiger partial charge < -0.3 is 15.2 Å². The molecule has 3 atom stereocenters. The minimum Gasteiger partial charge on any atom is -0.465 e. The van der Waals surface area contributed by atoms with E-state index in [9.17, 15) is 18.8 Å². The van der Waals surface area contributed by atoms with E-state index in [-0.39, 0.29) is 36.6 Å². The van der Waals surface area contributed by atoms with Gasteiger partial charge in [0, 0.05) is 27.8 Å². The van der Waals surface area contributed by atoms with Gasteiger partial charge in [-0.25, -0.2) is 9.18 Å². The van der Waals surface area contributed by atoms with Crippen molar-refractivity contribution >= 4 is 34.7 Å². The first kappa shape index (κ1) is 27.3. The lowest BCUT2D eigenvalue weighted by molar-refractivity contribution is -0.152. The topological polar surface area (TPSA) is 98.9 Å². The summed E-state index contributed by atoms with van der Waals surface area (Å²) < 4.78 is 25.4. The van der Waals surface area contributed by atoms with Crippen LogP contribution in [-0.4, -0.2) is 30.9 Å². The van der Waals surface area contributed by atoms with Gasteiger partial charge in [0.1, 0.15) is 17.6 Å². The molecule has 0 radical (unpaired) electrons. The van der Waals surface area contributed by atoms with Crippen LogP contribution in [0.3, 0.4) is 0 Å². The van der Waals surface area contributed by atoms with Crippen molar-refractivity contribution in [1.29, 1.82) is 0 Å². The first-order valence-electron chi connectivity index (χ1n) is 13.1. The highest BCUT2D eigenvalue weighted by Crippen LogP contribution is 2.52. The van der Waals surface area contributed by atoms with Crippen molar-refractivity contribution in [3.05, 3.63) is 111 Å². The fraction of sp³-hybridized carbons (Fsp3) is 0.258.